The Bertz CT molecular complexity index is 4830. The number of carbonyl (C=O) groups is 1. The van der Waals surface area contributed by atoms with Crippen molar-refractivity contribution in [2.75, 3.05) is 6.61 Å². The molecule has 12 aromatic rings. The third-order valence-electron chi connectivity index (χ3n) is 21.8. The van der Waals surface area contributed by atoms with Gasteiger partial charge in [0.2, 0.25) is 0 Å². The van der Waals surface area contributed by atoms with Gasteiger partial charge < -0.3 is 49.1 Å². The second-order valence-corrected chi connectivity index (χ2v) is 32.9. The number of halogens is 3. The first kappa shape index (κ1) is 91.8. The highest BCUT2D eigenvalue weighted by Crippen LogP contribution is 2.44. The molecule has 0 amide bonds. The Labute approximate surface area is 731 Å². The smallest absolute Gasteiger partial charge is 0.488 e. The summed E-state index contributed by atoms with van der Waals surface area (Å²) in [6, 6.07) is 105. The fraction of sp³-hybridized carbons (Fsp3) is 0.298. The van der Waals surface area contributed by atoms with E-state index in [1.807, 2.05) is 212 Å². The molecule has 6 fully saturated rings. The SMILES string of the molecule is BrCc1ccccc1.Brc1ccc(OCc2ccccc2)cc1C1CCC1.Brc1cccc(OCc2ccccc2)c1.CCO.O=C1CCC1.OB(O)c1ccc(OCc2ccccc2)cc1C1CCC1.OC1(c2cccc(OCc3ccccc3)c2)CCC1.Oc1cccc(C2CCC2)c1.c1ccc(COc2cccc(C3CCC3)c2)cc1. The topological polar surface area (TPSA) is 164 Å². The summed E-state index contributed by atoms with van der Waals surface area (Å²) in [5.41, 5.74) is 13.3. The minimum absolute atomic E-state index is 0.250. The standard InChI is InChI=1S/C17H19BO3.C17H17BrO.C17H18O2.C17H18O.C13H11BrO.C10H12O.C7H7Br.C4H6O.C2H6O/c19-18(20)17-10-9-15(11-16(17)14-7-4-8-14)21-12-13-5-2-1-3-6-13;18-17-10-9-15(11-16(17)14-7-4-8-14)19-12-13-5-2-1-3-6-13;18-17(10-5-11-17)15-8-4-9-16(12-15)19-13-14-6-2-1-3-7-14;1-2-6-14(7-3-1)13-18-17-11-5-10-16(12-17)15-8-4-9-15;14-12-7-4-8-13(9-12)15-10-11-5-2-1-3-6-11;11-10-6-2-5-9(7-10)8-3-1-4-8;8-6-7-4-2-1-3-5-7;5-4-2-1-3-4;1-2-3/h1-3,5-6,9-11,14,19-20H,4,7-8,12H2;1-3,5-6,9-11,14H,4,7-8,12H2;1-4,6-9,12,18H,5,10-11,13H2;1-3,5-7,10-12,15H,4,8-9,13H2;1-9H,10H2;2,5-8,11H,1,3-4H2;1-5H,6H2;1-3H2;3H,2H2,1H3. The van der Waals surface area contributed by atoms with Crippen molar-refractivity contribution < 1.29 is 53.8 Å². The number of carbonyl (C=O) groups excluding carboxylic acids is 1. The van der Waals surface area contributed by atoms with E-state index in [-0.39, 0.29) is 6.61 Å². The number of phenols is 1. The highest BCUT2D eigenvalue weighted by molar-refractivity contribution is 9.10. The van der Waals surface area contributed by atoms with Gasteiger partial charge in [-0.15, -0.1) is 0 Å². The van der Waals surface area contributed by atoms with Gasteiger partial charge in [-0.2, -0.15) is 0 Å². The number of aliphatic hydroxyl groups is 2. The molecule has 6 saturated carbocycles. The van der Waals surface area contributed by atoms with Crippen molar-refractivity contribution in [3.8, 4) is 34.5 Å². The van der Waals surface area contributed by atoms with Crippen molar-refractivity contribution in [1.82, 2.24) is 0 Å². The first-order valence-corrected chi connectivity index (χ1v) is 44.7. The number of rotatable bonds is 22. The molecule has 5 N–H and O–H groups in total. The normalized spacial score (nSPS) is 14.5. The summed E-state index contributed by atoms with van der Waals surface area (Å²) in [6.45, 7) is 4.90. The van der Waals surface area contributed by atoms with Crippen LogP contribution < -0.4 is 29.1 Å². The van der Waals surface area contributed by atoms with Crippen LogP contribution in [0.1, 0.15) is 207 Å². The van der Waals surface area contributed by atoms with Crippen molar-refractivity contribution in [3.63, 3.8) is 0 Å². The van der Waals surface area contributed by atoms with E-state index in [0.29, 0.717) is 55.9 Å². The van der Waals surface area contributed by atoms with Crippen LogP contribution in [0.25, 0.3) is 0 Å². The van der Waals surface area contributed by atoms with E-state index in [1.165, 1.54) is 108 Å². The summed E-state index contributed by atoms with van der Waals surface area (Å²) in [5.74, 6) is 7.92. The molecule has 620 valence electrons. The molecular formula is C104H114BBr3O11. The van der Waals surface area contributed by atoms with Gasteiger partial charge in [-0.25, -0.2) is 0 Å². The molecule has 6 aliphatic carbocycles. The van der Waals surface area contributed by atoms with Gasteiger partial charge in [-0.05, 0) is 259 Å². The number of hydrogen-bond acceptors (Lipinski definition) is 11. The van der Waals surface area contributed by atoms with Crippen molar-refractivity contribution >= 4 is 66.2 Å². The van der Waals surface area contributed by atoms with E-state index in [9.17, 15) is 25.1 Å². The second-order valence-electron chi connectivity index (χ2n) is 30.6. The first-order valence-electron chi connectivity index (χ1n) is 42.0. The van der Waals surface area contributed by atoms with Crippen LogP contribution in [0.5, 0.6) is 34.5 Å². The summed E-state index contributed by atoms with van der Waals surface area (Å²) in [5, 5.41) is 47.0. The molecular weight excluding hydrogens is 1680 g/mol. The van der Waals surface area contributed by atoms with Gasteiger partial charge in [0.15, 0.2) is 0 Å². The summed E-state index contributed by atoms with van der Waals surface area (Å²) in [7, 11) is -1.41. The number of ether oxygens (including phenoxy) is 5. The van der Waals surface area contributed by atoms with Crippen LogP contribution in [-0.2, 0) is 48.8 Å². The average Bonchev–Trinajstić information content (AvgIpc) is 0.797. The zero-order chi connectivity index (χ0) is 83.5. The highest BCUT2D eigenvalue weighted by atomic mass is 79.9. The Hall–Kier alpha value is -9.55. The monoisotopic (exact) mass is 1790 g/mol. The second kappa shape index (κ2) is 51.2. The van der Waals surface area contributed by atoms with Gasteiger partial charge in [-0.3, -0.25) is 4.79 Å². The predicted octanol–water partition coefficient (Wildman–Crippen LogP) is 25.7. The van der Waals surface area contributed by atoms with Gasteiger partial charge >= 0.3 is 7.12 Å². The van der Waals surface area contributed by atoms with Gasteiger partial charge in [0.1, 0.15) is 73.3 Å². The average molecular weight is 1790 g/mol. The molecule has 12 aromatic carbocycles. The zero-order valence-electron chi connectivity index (χ0n) is 68.4. The Balaban J connectivity index is 0.000000146. The van der Waals surface area contributed by atoms with Crippen LogP contribution in [0.2, 0.25) is 0 Å². The summed E-state index contributed by atoms with van der Waals surface area (Å²) >= 11 is 10.4. The van der Waals surface area contributed by atoms with Crippen LogP contribution in [0, 0.1) is 0 Å². The first-order chi connectivity index (χ1) is 58.2. The summed E-state index contributed by atoms with van der Waals surface area (Å²) < 4.78 is 31.2. The molecule has 0 atom stereocenters. The molecule has 6 aliphatic rings. The molecule has 0 spiro atoms. The maximum Gasteiger partial charge on any atom is 0.488 e. The van der Waals surface area contributed by atoms with E-state index in [4.69, 9.17) is 28.8 Å². The highest BCUT2D eigenvalue weighted by Gasteiger charge is 2.36. The van der Waals surface area contributed by atoms with Crippen molar-refractivity contribution in [2.24, 2.45) is 0 Å². The summed E-state index contributed by atoms with van der Waals surface area (Å²) in [4.78, 5) is 9.90. The number of benzene rings is 12. The number of alkyl halides is 1. The number of hydrogen-bond donors (Lipinski definition) is 5. The fourth-order valence-corrected chi connectivity index (χ4v) is 14.9. The van der Waals surface area contributed by atoms with Crippen LogP contribution in [0.15, 0.2) is 324 Å². The predicted molar refractivity (Wildman–Crippen MR) is 494 cm³/mol. The number of aliphatic hydroxyl groups excluding tert-OH is 1. The Kier molecular flexibility index (Phi) is 39.4. The van der Waals surface area contributed by atoms with Crippen LogP contribution >= 0.6 is 47.8 Å². The largest absolute Gasteiger partial charge is 0.508 e. The third kappa shape index (κ3) is 32.2. The van der Waals surface area contributed by atoms with E-state index in [0.717, 1.165) is 130 Å². The van der Waals surface area contributed by atoms with Gasteiger partial charge in [-0.1, -0.05) is 304 Å². The fourth-order valence-electron chi connectivity index (χ4n) is 13.5. The molecule has 15 heteroatoms. The minimum atomic E-state index is -1.41. The molecule has 0 bridgehead atoms. The molecule has 0 heterocycles. The lowest BCUT2D eigenvalue weighted by atomic mass is 9.69. The Morgan fingerprint density at radius 2 is 0.714 bits per heavy atom. The minimum Gasteiger partial charge on any atom is -0.508 e. The molecule has 18 rings (SSSR count). The zero-order valence-corrected chi connectivity index (χ0v) is 73.2. The van der Waals surface area contributed by atoms with Crippen LogP contribution in [0.4, 0.5) is 0 Å². The number of Topliss-reactive ketones (excluding diaryl/α,β-unsaturated/α-hetero) is 1. The van der Waals surface area contributed by atoms with Crippen molar-refractivity contribution in [1.29, 1.82) is 0 Å². The number of aromatic hydroxyl groups is 1. The van der Waals surface area contributed by atoms with E-state index in [1.54, 1.807) is 25.1 Å². The molecule has 0 saturated heterocycles. The Morgan fingerprint density at radius 3 is 1.06 bits per heavy atom. The molecule has 0 unspecified atom stereocenters. The molecule has 0 aromatic heterocycles. The maximum absolute atomic E-state index is 10.3. The van der Waals surface area contributed by atoms with Gasteiger partial charge in [0.05, 0.1) is 5.60 Å². The molecule has 119 heavy (non-hydrogen) atoms. The van der Waals surface area contributed by atoms with E-state index in [2.05, 4.69) is 133 Å². The maximum atomic E-state index is 10.3. The molecule has 0 radical (unpaired) electrons. The molecule has 11 nitrogen and oxygen atoms in total. The van der Waals surface area contributed by atoms with E-state index < -0.39 is 12.7 Å². The Morgan fingerprint density at radius 1 is 0.370 bits per heavy atom. The van der Waals surface area contributed by atoms with Crippen molar-refractivity contribution in [3.05, 3.63) is 386 Å². The van der Waals surface area contributed by atoms with Crippen LogP contribution in [-0.4, -0.2) is 44.9 Å². The van der Waals surface area contributed by atoms with Crippen LogP contribution in [0.3, 0.4) is 0 Å². The van der Waals surface area contributed by atoms with E-state index >= 15 is 0 Å². The van der Waals surface area contributed by atoms with Crippen molar-refractivity contribution in [2.45, 2.75) is 190 Å². The number of phenolic OH excluding ortho intramolecular Hbond substituents is 1. The van der Waals surface area contributed by atoms with Gasteiger partial charge in [0.25, 0.3) is 0 Å². The lowest BCUT2D eigenvalue weighted by Gasteiger charge is -2.37. The molecule has 0 aliphatic heterocycles. The number of ketones is 1. The summed E-state index contributed by atoms with van der Waals surface area (Å²) in [6.07, 6.45) is 21.0. The third-order valence-corrected chi connectivity index (χ3v) is 23.6. The lowest BCUT2D eigenvalue weighted by Crippen LogP contribution is -2.35. The lowest BCUT2D eigenvalue weighted by molar-refractivity contribution is -0.123. The quantitative estimate of drug-likeness (QED) is 0.0324. The van der Waals surface area contributed by atoms with Gasteiger partial charge in [0, 0.05) is 33.7 Å².